The number of rotatable bonds is 5. The monoisotopic (exact) mass is 490 g/mol. The van der Waals surface area contributed by atoms with Gasteiger partial charge in [0.05, 0.1) is 26.0 Å². The van der Waals surface area contributed by atoms with Crippen LogP contribution in [0, 0.1) is 5.92 Å². The summed E-state index contributed by atoms with van der Waals surface area (Å²) in [7, 11) is 3.13. The summed E-state index contributed by atoms with van der Waals surface area (Å²) in [5, 5.41) is 0. The van der Waals surface area contributed by atoms with Gasteiger partial charge in [-0.05, 0) is 48.9 Å². The number of methoxy groups -OCH3 is 2. The molecule has 1 unspecified atom stereocenters. The molecule has 2 heterocycles. The van der Waals surface area contributed by atoms with E-state index in [2.05, 4.69) is 4.90 Å². The number of carbonyl (C=O) groups excluding carboxylic acids is 3. The van der Waals surface area contributed by atoms with E-state index in [4.69, 9.17) is 21.7 Å². The molecular formula is C24H30N2O5S2. The molecule has 1 amide bonds. The number of hydrogen-bond acceptors (Lipinski definition) is 7. The van der Waals surface area contributed by atoms with Gasteiger partial charge in [0.25, 0.3) is 0 Å². The number of fused-ring (bicyclic) bond motifs is 1. The lowest BCUT2D eigenvalue weighted by Gasteiger charge is -2.42. The molecular weight excluding hydrogens is 460 g/mol. The lowest BCUT2D eigenvalue weighted by atomic mass is 9.75. The molecule has 1 saturated heterocycles. The smallest absolute Gasteiger partial charge is 0.233 e. The minimum Gasteiger partial charge on any atom is -0.493 e. The van der Waals surface area contributed by atoms with Crippen molar-refractivity contribution in [2.45, 2.75) is 44.6 Å². The van der Waals surface area contributed by atoms with Crippen LogP contribution in [0.15, 0.2) is 12.1 Å². The van der Waals surface area contributed by atoms with Crippen LogP contribution in [0.3, 0.4) is 0 Å². The number of ketones is 2. The summed E-state index contributed by atoms with van der Waals surface area (Å²) in [6, 6.07) is 3.11. The third-order valence-corrected chi connectivity index (χ3v) is 8.29. The Morgan fingerprint density at radius 2 is 1.64 bits per heavy atom. The number of Topliss-reactive ketones (excluding diaryl/α,β-unsaturated/α-hetero) is 2. The van der Waals surface area contributed by atoms with Gasteiger partial charge in [0.15, 0.2) is 11.5 Å². The van der Waals surface area contributed by atoms with Crippen molar-refractivity contribution in [3.8, 4) is 11.5 Å². The molecule has 1 saturated carbocycles. The van der Waals surface area contributed by atoms with Crippen LogP contribution in [0.4, 0.5) is 0 Å². The number of hydrogen-bond donors (Lipinski definition) is 0. The third kappa shape index (κ3) is 4.89. The van der Waals surface area contributed by atoms with Crippen LogP contribution in [-0.2, 0) is 20.8 Å². The van der Waals surface area contributed by atoms with Gasteiger partial charge in [-0.3, -0.25) is 14.4 Å². The van der Waals surface area contributed by atoms with Crippen LogP contribution >= 0.6 is 24.0 Å². The standard InChI is InChI=1S/C24H30N2O5S2/c1-30-19-12-15-8-11-26(21(29)14-33-24(32)25-9-3-4-10-25)23(16(15)13-20(19)31-2)22-17(27)6-5-7-18(22)28/h12-13,22-23H,3-11,14H2,1-2H3. The Morgan fingerprint density at radius 1 is 1.00 bits per heavy atom. The van der Waals surface area contributed by atoms with E-state index in [9.17, 15) is 14.4 Å². The number of thiocarbonyl (C=S) groups is 1. The Labute approximate surface area is 204 Å². The van der Waals surface area contributed by atoms with Crippen molar-refractivity contribution in [1.29, 1.82) is 0 Å². The van der Waals surface area contributed by atoms with Gasteiger partial charge < -0.3 is 19.3 Å². The predicted octanol–water partition coefficient (Wildman–Crippen LogP) is 3.18. The molecule has 7 nitrogen and oxygen atoms in total. The number of ether oxygens (including phenoxy) is 2. The van der Waals surface area contributed by atoms with Crippen molar-refractivity contribution < 1.29 is 23.9 Å². The summed E-state index contributed by atoms with van der Waals surface area (Å²) in [4.78, 5) is 43.2. The first kappa shape index (κ1) is 24.0. The van der Waals surface area contributed by atoms with E-state index in [-0.39, 0.29) is 23.2 Å². The molecule has 4 rings (SSSR count). The summed E-state index contributed by atoms with van der Waals surface area (Å²) in [6.07, 6.45) is 4.17. The molecule has 1 aromatic rings. The second kappa shape index (κ2) is 10.4. The number of thioether (sulfide) groups is 1. The molecule has 178 valence electrons. The van der Waals surface area contributed by atoms with Gasteiger partial charge in [-0.15, -0.1) is 0 Å². The van der Waals surface area contributed by atoms with Crippen molar-refractivity contribution in [2.75, 3.05) is 39.6 Å². The van der Waals surface area contributed by atoms with E-state index in [1.165, 1.54) is 11.8 Å². The summed E-state index contributed by atoms with van der Waals surface area (Å²) in [5.74, 6) is 0.213. The first-order valence-electron chi connectivity index (χ1n) is 11.5. The Hall–Kier alpha value is -2.13. The van der Waals surface area contributed by atoms with Gasteiger partial charge >= 0.3 is 0 Å². The van der Waals surface area contributed by atoms with Crippen molar-refractivity contribution in [3.05, 3.63) is 23.3 Å². The summed E-state index contributed by atoms with van der Waals surface area (Å²) >= 11 is 6.90. The summed E-state index contributed by atoms with van der Waals surface area (Å²) in [6.45, 7) is 2.32. The predicted molar refractivity (Wildman–Crippen MR) is 131 cm³/mol. The number of amides is 1. The highest BCUT2D eigenvalue weighted by Crippen LogP contribution is 2.43. The number of benzene rings is 1. The first-order valence-corrected chi connectivity index (χ1v) is 12.9. The van der Waals surface area contributed by atoms with Gasteiger partial charge in [-0.25, -0.2) is 0 Å². The summed E-state index contributed by atoms with van der Waals surface area (Å²) in [5.41, 5.74) is 1.78. The second-order valence-corrected chi connectivity index (χ2v) is 10.3. The van der Waals surface area contributed by atoms with E-state index < -0.39 is 12.0 Å². The number of carbonyl (C=O) groups is 3. The maximum atomic E-state index is 13.4. The van der Waals surface area contributed by atoms with Crippen LogP contribution < -0.4 is 9.47 Å². The zero-order valence-corrected chi connectivity index (χ0v) is 20.8. The van der Waals surface area contributed by atoms with E-state index >= 15 is 0 Å². The molecule has 9 heteroatoms. The Balaban J connectivity index is 1.64. The highest BCUT2D eigenvalue weighted by Gasteiger charge is 2.44. The fourth-order valence-electron chi connectivity index (χ4n) is 5.09. The van der Waals surface area contributed by atoms with Crippen molar-refractivity contribution in [2.24, 2.45) is 5.92 Å². The normalized spacial score (nSPS) is 21.2. The van der Waals surface area contributed by atoms with Gasteiger partial charge in [0, 0.05) is 32.5 Å². The lowest BCUT2D eigenvalue weighted by Crippen LogP contribution is -2.49. The molecule has 0 N–H and O–H groups in total. The molecule has 1 aromatic carbocycles. The summed E-state index contributed by atoms with van der Waals surface area (Å²) < 4.78 is 11.7. The highest BCUT2D eigenvalue weighted by atomic mass is 32.2. The minimum atomic E-state index is -0.838. The van der Waals surface area contributed by atoms with E-state index in [0.29, 0.717) is 43.7 Å². The largest absolute Gasteiger partial charge is 0.493 e. The fourth-order valence-corrected chi connectivity index (χ4v) is 6.23. The molecule has 0 bridgehead atoms. The zero-order valence-electron chi connectivity index (χ0n) is 19.1. The minimum absolute atomic E-state index is 0.0862. The Kier molecular flexibility index (Phi) is 7.58. The SMILES string of the molecule is COc1cc2c(cc1OC)C(C1C(=O)CCCC1=O)N(C(=O)CSC(=S)N1CCCC1)CC2. The Morgan fingerprint density at radius 3 is 2.27 bits per heavy atom. The van der Waals surface area contributed by atoms with Crippen LogP contribution in [0.25, 0.3) is 0 Å². The third-order valence-electron chi connectivity index (χ3n) is 6.78. The molecule has 33 heavy (non-hydrogen) atoms. The van der Waals surface area contributed by atoms with Crippen molar-refractivity contribution >= 4 is 45.8 Å². The van der Waals surface area contributed by atoms with Gasteiger partial charge in [-0.2, -0.15) is 0 Å². The molecule has 1 atom stereocenters. The molecule has 2 aliphatic heterocycles. The number of nitrogens with zero attached hydrogens (tertiary/aromatic N) is 2. The molecule has 0 aromatic heterocycles. The zero-order chi connectivity index (χ0) is 23.5. The number of likely N-dealkylation sites (tertiary alicyclic amines) is 1. The molecule has 0 spiro atoms. The maximum Gasteiger partial charge on any atom is 0.233 e. The van der Waals surface area contributed by atoms with Gasteiger partial charge in [0.2, 0.25) is 5.91 Å². The Bertz CT molecular complexity index is 944. The quantitative estimate of drug-likeness (QED) is 0.460. The molecule has 2 fully saturated rings. The van der Waals surface area contributed by atoms with E-state index in [0.717, 1.165) is 41.4 Å². The van der Waals surface area contributed by atoms with E-state index in [1.54, 1.807) is 19.1 Å². The lowest BCUT2D eigenvalue weighted by molar-refractivity contribution is -0.142. The molecule has 0 radical (unpaired) electrons. The van der Waals surface area contributed by atoms with Gasteiger partial charge in [0.1, 0.15) is 21.8 Å². The first-order chi connectivity index (χ1) is 15.9. The van der Waals surface area contributed by atoms with Gasteiger partial charge in [-0.1, -0.05) is 24.0 Å². The molecule has 1 aliphatic carbocycles. The average Bonchev–Trinajstić information content (AvgIpc) is 3.36. The average molecular weight is 491 g/mol. The van der Waals surface area contributed by atoms with Crippen LogP contribution in [0.2, 0.25) is 0 Å². The fraction of sp³-hybridized carbons (Fsp3) is 0.583. The van der Waals surface area contributed by atoms with Crippen LogP contribution in [0.5, 0.6) is 11.5 Å². The highest BCUT2D eigenvalue weighted by molar-refractivity contribution is 8.23. The topological polar surface area (TPSA) is 76.1 Å². The molecule has 3 aliphatic rings. The van der Waals surface area contributed by atoms with E-state index in [1.807, 2.05) is 12.1 Å². The van der Waals surface area contributed by atoms with Crippen LogP contribution in [-0.4, -0.2) is 71.2 Å². The van der Waals surface area contributed by atoms with Crippen molar-refractivity contribution in [3.63, 3.8) is 0 Å². The maximum absolute atomic E-state index is 13.4. The second-order valence-electron chi connectivity index (χ2n) is 8.70. The van der Waals surface area contributed by atoms with Crippen molar-refractivity contribution in [1.82, 2.24) is 9.80 Å². The van der Waals surface area contributed by atoms with Crippen LogP contribution in [0.1, 0.15) is 49.3 Å².